The van der Waals surface area contributed by atoms with E-state index in [2.05, 4.69) is 42.6 Å². The van der Waals surface area contributed by atoms with E-state index in [1.807, 2.05) is 54.6 Å². The number of hydrogen-bond acceptors (Lipinski definition) is 1. The highest BCUT2D eigenvalue weighted by Gasteiger charge is 2.12. The normalized spacial score (nSPS) is 11.7. The fraction of sp³-hybridized carbons (Fsp3) is 0.174. The van der Waals surface area contributed by atoms with Crippen LogP contribution < -0.4 is 5.32 Å². The Morgan fingerprint density at radius 2 is 1.44 bits per heavy atom. The molecule has 0 aliphatic heterocycles. The maximum absolute atomic E-state index is 12.5. The van der Waals surface area contributed by atoms with Crippen molar-refractivity contribution in [2.45, 2.75) is 25.7 Å². The van der Waals surface area contributed by atoms with Crippen LogP contribution in [0.5, 0.6) is 0 Å². The largest absolute Gasteiger partial charge is 0.326 e. The first-order chi connectivity index (χ1) is 12.2. The Labute approximate surface area is 149 Å². The maximum Gasteiger partial charge on any atom is 0.224 e. The lowest BCUT2D eigenvalue weighted by molar-refractivity contribution is -0.116. The van der Waals surface area contributed by atoms with Gasteiger partial charge in [0.1, 0.15) is 0 Å². The molecule has 25 heavy (non-hydrogen) atoms. The van der Waals surface area contributed by atoms with Crippen LogP contribution in [0.1, 0.15) is 36.0 Å². The van der Waals surface area contributed by atoms with Crippen LogP contribution in [0, 0.1) is 0 Å². The maximum atomic E-state index is 12.5. The Morgan fingerprint density at radius 3 is 2.16 bits per heavy atom. The first-order valence-electron chi connectivity index (χ1n) is 8.69. The van der Waals surface area contributed by atoms with Crippen molar-refractivity contribution in [3.63, 3.8) is 0 Å². The van der Waals surface area contributed by atoms with Crippen molar-refractivity contribution < 1.29 is 4.79 Å². The number of carbonyl (C=O) groups is 1. The van der Waals surface area contributed by atoms with E-state index in [-0.39, 0.29) is 11.8 Å². The van der Waals surface area contributed by atoms with Gasteiger partial charge in [0, 0.05) is 12.1 Å². The Bertz CT molecular complexity index is 812. The van der Waals surface area contributed by atoms with Gasteiger partial charge >= 0.3 is 0 Å². The number of para-hydroxylation sites is 1. The highest BCUT2D eigenvalue weighted by atomic mass is 16.1. The third-order valence-electron chi connectivity index (χ3n) is 4.39. The van der Waals surface area contributed by atoms with Crippen molar-refractivity contribution in [1.82, 2.24) is 0 Å². The number of anilines is 1. The third-order valence-corrected chi connectivity index (χ3v) is 4.39. The molecule has 0 aliphatic carbocycles. The van der Waals surface area contributed by atoms with Gasteiger partial charge in [0.15, 0.2) is 0 Å². The van der Waals surface area contributed by atoms with Crippen molar-refractivity contribution in [2.24, 2.45) is 0 Å². The van der Waals surface area contributed by atoms with E-state index < -0.39 is 0 Å². The summed E-state index contributed by atoms with van der Waals surface area (Å²) in [6.45, 7) is 2.09. The van der Waals surface area contributed by atoms with Gasteiger partial charge in [-0.15, -0.1) is 0 Å². The summed E-state index contributed by atoms with van der Waals surface area (Å²) in [6, 6.07) is 28.5. The van der Waals surface area contributed by atoms with Gasteiger partial charge in [0.25, 0.3) is 0 Å². The van der Waals surface area contributed by atoms with E-state index in [4.69, 9.17) is 0 Å². The van der Waals surface area contributed by atoms with E-state index in [9.17, 15) is 4.79 Å². The van der Waals surface area contributed by atoms with Crippen LogP contribution >= 0.6 is 0 Å². The number of benzene rings is 3. The molecule has 0 unspecified atom stereocenters. The number of nitrogens with one attached hydrogen (secondary N) is 1. The molecule has 126 valence electrons. The molecule has 0 saturated carbocycles. The Kier molecular flexibility index (Phi) is 5.63. The second-order valence-corrected chi connectivity index (χ2v) is 6.38. The van der Waals surface area contributed by atoms with Gasteiger partial charge in [-0.25, -0.2) is 0 Å². The topological polar surface area (TPSA) is 29.1 Å². The van der Waals surface area contributed by atoms with Gasteiger partial charge in [-0.05, 0) is 35.1 Å². The first-order valence-corrected chi connectivity index (χ1v) is 8.69. The van der Waals surface area contributed by atoms with E-state index in [1.54, 1.807) is 0 Å². The summed E-state index contributed by atoms with van der Waals surface area (Å²) >= 11 is 0. The van der Waals surface area contributed by atoms with E-state index >= 15 is 0 Å². The van der Waals surface area contributed by atoms with Gasteiger partial charge < -0.3 is 5.32 Å². The molecule has 0 spiro atoms. The fourth-order valence-electron chi connectivity index (χ4n) is 2.99. The van der Waals surface area contributed by atoms with Gasteiger partial charge in [0.05, 0.1) is 0 Å². The highest BCUT2D eigenvalue weighted by molar-refractivity contribution is 5.92. The lowest BCUT2D eigenvalue weighted by Crippen LogP contribution is -2.15. The molecule has 3 aromatic carbocycles. The summed E-state index contributed by atoms with van der Waals surface area (Å²) in [5, 5.41) is 3.09. The summed E-state index contributed by atoms with van der Waals surface area (Å²) in [4.78, 5) is 12.5. The van der Waals surface area contributed by atoms with Crippen LogP contribution in [-0.4, -0.2) is 5.91 Å². The van der Waals surface area contributed by atoms with Crippen LogP contribution in [0.4, 0.5) is 5.69 Å². The summed E-state index contributed by atoms with van der Waals surface area (Å²) < 4.78 is 0. The van der Waals surface area contributed by atoms with Gasteiger partial charge in [-0.1, -0.05) is 85.8 Å². The molecule has 0 aliphatic rings. The molecule has 0 fully saturated rings. The average Bonchev–Trinajstić information content (AvgIpc) is 2.65. The molecule has 2 heteroatoms. The summed E-state index contributed by atoms with van der Waals surface area (Å²) in [5.74, 6) is 0.249. The van der Waals surface area contributed by atoms with Crippen LogP contribution in [0.25, 0.3) is 0 Å². The van der Waals surface area contributed by atoms with Crippen molar-refractivity contribution in [3.05, 3.63) is 102 Å². The molecule has 0 heterocycles. The molecule has 0 bridgehead atoms. The number of hydrogen-bond donors (Lipinski definition) is 1. The zero-order chi connectivity index (χ0) is 17.5. The first kappa shape index (κ1) is 17.0. The lowest BCUT2D eigenvalue weighted by atomic mass is 9.97. The molecule has 1 amide bonds. The number of amides is 1. The Hall–Kier alpha value is -2.87. The summed E-state index contributed by atoms with van der Waals surface area (Å²) in [7, 11) is 0. The highest BCUT2D eigenvalue weighted by Crippen LogP contribution is 2.22. The third kappa shape index (κ3) is 4.80. The van der Waals surface area contributed by atoms with E-state index in [0.29, 0.717) is 6.42 Å². The molecule has 0 saturated heterocycles. The van der Waals surface area contributed by atoms with Gasteiger partial charge in [0.2, 0.25) is 5.91 Å². The second kappa shape index (κ2) is 8.29. The lowest BCUT2D eigenvalue weighted by Gasteiger charge is -2.14. The summed E-state index contributed by atoms with van der Waals surface area (Å²) in [5.41, 5.74) is 4.46. The van der Waals surface area contributed by atoms with E-state index in [1.165, 1.54) is 11.1 Å². The summed E-state index contributed by atoms with van der Waals surface area (Å²) in [6.07, 6.45) is 1.29. The SMILES string of the molecule is C[C@H](CC(=O)Nc1ccccc1Cc1ccccc1)c1ccccc1. The van der Waals surface area contributed by atoms with Crippen molar-refractivity contribution >= 4 is 11.6 Å². The molecule has 0 aromatic heterocycles. The van der Waals surface area contributed by atoms with Gasteiger partial charge in [-0.2, -0.15) is 0 Å². The molecule has 0 radical (unpaired) electrons. The average molecular weight is 329 g/mol. The molecule has 3 rings (SSSR count). The monoisotopic (exact) mass is 329 g/mol. The number of carbonyl (C=O) groups excluding carboxylic acids is 1. The van der Waals surface area contributed by atoms with Crippen molar-refractivity contribution in [1.29, 1.82) is 0 Å². The minimum absolute atomic E-state index is 0.0527. The van der Waals surface area contributed by atoms with Gasteiger partial charge in [-0.3, -0.25) is 4.79 Å². The van der Waals surface area contributed by atoms with Crippen LogP contribution in [0.15, 0.2) is 84.9 Å². The zero-order valence-corrected chi connectivity index (χ0v) is 14.5. The zero-order valence-electron chi connectivity index (χ0n) is 14.5. The fourth-order valence-corrected chi connectivity index (χ4v) is 2.99. The predicted molar refractivity (Wildman–Crippen MR) is 104 cm³/mol. The predicted octanol–water partition coefficient (Wildman–Crippen LogP) is 5.41. The molecule has 1 N–H and O–H groups in total. The second-order valence-electron chi connectivity index (χ2n) is 6.38. The Balaban J connectivity index is 1.67. The molecule has 1 atom stereocenters. The standard InChI is InChI=1S/C23H23NO/c1-18(20-12-6-3-7-13-20)16-23(25)24-22-15-9-8-14-21(22)17-19-10-4-2-5-11-19/h2-15,18H,16-17H2,1H3,(H,24,25)/t18-/m1/s1. The van der Waals surface area contributed by atoms with Crippen molar-refractivity contribution in [2.75, 3.05) is 5.32 Å². The minimum Gasteiger partial charge on any atom is -0.326 e. The van der Waals surface area contributed by atoms with Crippen molar-refractivity contribution in [3.8, 4) is 0 Å². The Morgan fingerprint density at radius 1 is 0.840 bits per heavy atom. The quantitative estimate of drug-likeness (QED) is 0.643. The molecular weight excluding hydrogens is 306 g/mol. The molecule has 3 aromatic rings. The van der Waals surface area contributed by atoms with E-state index in [0.717, 1.165) is 17.7 Å². The minimum atomic E-state index is 0.0527. The molecular formula is C23H23NO. The van der Waals surface area contributed by atoms with Crippen LogP contribution in [0.3, 0.4) is 0 Å². The van der Waals surface area contributed by atoms with Crippen LogP contribution in [0.2, 0.25) is 0 Å². The number of rotatable bonds is 6. The smallest absolute Gasteiger partial charge is 0.224 e. The molecule has 2 nitrogen and oxygen atoms in total. The van der Waals surface area contributed by atoms with Crippen LogP contribution in [-0.2, 0) is 11.2 Å².